The molecule has 2 aliphatic heterocycles. The fraction of sp³-hybridized carbons (Fsp3) is 0.519. The van der Waals surface area contributed by atoms with Crippen LogP contribution in [-0.2, 0) is 11.2 Å². The number of rotatable bonds is 6. The summed E-state index contributed by atoms with van der Waals surface area (Å²) < 4.78 is 41.2. The Hall–Kier alpha value is -2.58. The molecule has 2 aliphatic rings. The lowest BCUT2D eigenvalue weighted by Gasteiger charge is -2.36. The lowest BCUT2D eigenvalue weighted by Crippen LogP contribution is -2.44. The quantitative estimate of drug-likeness (QED) is 0.566. The minimum absolute atomic E-state index is 0.0104. The number of halogens is 3. The maximum Gasteiger partial charge on any atom is 0.573 e. The summed E-state index contributed by atoms with van der Waals surface area (Å²) in [5.41, 5.74) is 3.64. The zero-order chi connectivity index (χ0) is 25.4. The molecule has 0 aromatic heterocycles. The van der Waals surface area contributed by atoms with E-state index in [1.807, 2.05) is 36.9 Å². The van der Waals surface area contributed by atoms with Crippen LogP contribution in [0.3, 0.4) is 0 Å². The number of ether oxygens (including phenoxy) is 1. The van der Waals surface area contributed by atoms with Crippen LogP contribution in [0.4, 0.5) is 18.9 Å². The van der Waals surface area contributed by atoms with Crippen molar-refractivity contribution in [3.63, 3.8) is 0 Å². The Kier molecular flexibility index (Phi) is 9.57. The molecule has 5 nitrogen and oxygen atoms in total. The van der Waals surface area contributed by atoms with Crippen molar-refractivity contribution in [2.75, 3.05) is 37.7 Å². The minimum Gasteiger partial charge on any atom is -0.406 e. The molecule has 1 fully saturated rings. The summed E-state index contributed by atoms with van der Waals surface area (Å²) in [6, 6.07) is 11.7. The van der Waals surface area contributed by atoms with Gasteiger partial charge in [-0.05, 0) is 80.1 Å². The average molecular weight is 493 g/mol. The largest absolute Gasteiger partial charge is 0.573 e. The van der Waals surface area contributed by atoms with Crippen molar-refractivity contribution < 1.29 is 27.8 Å². The van der Waals surface area contributed by atoms with Gasteiger partial charge in [0, 0.05) is 31.3 Å². The number of hydrogen-bond acceptors (Lipinski definition) is 4. The third-order valence-corrected chi connectivity index (χ3v) is 6.46. The zero-order valence-electron chi connectivity index (χ0n) is 20.5. The van der Waals surface area contributed by atoms with Crippen LogP contribution in [0.1, 0.15) is 45.1 Å². The third-order valence-electron chi connectivity index (χ3n) is 6.46. The van der Waals surface area contributed by atoms with Gasteiger partial charge in [-0.1, -0.05) is 38.1 Å². The van der Waals surface area contributed by atoms with Crippen molar-refractivity contribution in [2.45, 2.75) is 52.3 Å². The number of carbonyl (C=O) groups excluding carboxylic acids is 1. The summed E-state index contributed by atoms with van der Waals surface area (Å²) >= 11 is 0. The van der Waals surface area contributed by atoms with E-state index in [4.69, 9.17) is 5.11 Å². The molecule has 0 atom stereocenters. The highest BCUT2D eigenvalue weighted by atomic mass is 19.4. The number of carbonyl (C=O) groups is 1. The molecule has 1 N–H and O–H groups in total. The normalized spacial score (nSPS) is 16.8. The topological polar surface area (TPSA) is 53.0 Å². The second kappa shape index (κ2) is 12.4. The Bertz CT molecular complexity index is 955. The van der Waals surface area contributed by atoms with Crippen molar-refractivity contribution in [2.24, 2.45) is 5.92 Å². The smallest absolute Gasteiger partial charge is 0.406 e. The van der Waals surface area contributed by atoms with Crippen molar-refractivity contribution in [1.29, 1.82) is 0 Å². The molecule has 0 bridgehead atoms. The molecule has 0 saturated carbocycles. The molecule has 1 saturated heterocycles. The molecule has 0 radical (unpaired) electrons. The second-order valence-corrected chi connectivity index (χ2v) is 8.70. The first kappa shape index (κ1) is 27.0. The van der Waals surface area contributed by atoms with Crippen LogP contribution >= 0.6 is 0 Å². The highest BCUT2D eigenvalue weighted by Gasteiger charge is 2.32. The van der Waals surface area contributed by atoms with Crippen LogP contribution in [0, 0.1) is 5.92 Å². The summed E-state index contributed by atoms with van der Waals surface area (Å²) in [7, 11) is 0. The minimum atomic E-state index is -4.72. The number of fused-ring (bicyclic) bond motifs is 1. The number of aryl methyl sites for hydroxylation is 1. The standard InChI is InChI=1S/C25H29F3N2O3.C2H6/c26-25(27,28)33-22-8-6-18(7-9-22)21-5-4-19-3-1-13-30(23(19)17-21)24(32)20-10-14-29(15-11-20)12-2-16-31;1-2/h4-9,17,20,31H,1-3,10-16H2;1-2H3. The van der Waals surface area contributed by atoms with Gasteiger partial charge in [0.15, 0.2) is 0 Å². The molecule has 8 heteroatoms. The van der Waals surface area contributed by atoms with Gasteiger partial charge in [0.25, 0.3) is 0 Å². The number of piperidine rings is 1. The van der Waals surface area contributed by atoms with Crippen LogP contribution in [0.15, 0.2) is 42.5 Å². The first-order chi connectivity index (χ1) is 16.8. The summed E-state index contributed by atoms with van der Waals surface area (Å²) in [4.78, 5) is 17.6. The lowest BCUT2D eigenvalue weighted by molar-refractivity contribution is -0.274. The number of aliphatic hydroxyl groups excluding tert-OH is 1. The predicted molar refractivity (Wildman–Crippen MR) is 131 cm³/mol. The highest BCUT2D eigenvalue weighted by molar-refractivity contribution is 5.97. The molecule has 0 unspecified atom stereocenters. The van der Waals surface area contributed by atoms with Gasteiger partial charge >= 0.3 is 6.36 Å². The molecule has 4 rings (SSSR count). The molecule has 2 heterocycles. The van der Waals surface area contributed by atoms with Crippen LogP contribution in [0.25, 0.3) is 11.1 Å². The fourth-order valence-corrected chi connectivity index (χ4v) is 4.75. The van der Waals surface area contributed by atoms with Crippen molar-refractivity contribution in [1.82, 2.24) is 4.90 Å². The fourth-order valence-electron chi connectivity index (χ4n) is 4.75. The molecule has 0 aliphatic carbocycles. The van der Waals surface area contributed by atoms with Gasteiger partial charge in [-0.15, -0.1) is 13.2 Å². The van der Waals surface area contributed by atoms with Gasteiger partial charge in [-0.2, -0.15) is 0 Å². The van der Waals surface area contributed by atoms with E-state index >= 15 is 0 Å². The summed E-state index contributed by atoms with van der Waals surface area (Å²) in [5.74, 6) is -0.112. The third kappa shape index (κ3) is 7.21. The number of nitrogens with zero attached hydrogens (tertiary/aromatic N) is 2. The van der Waals surface area contributed by atoms with Crippen molar-refractivity contribution >= 4 is 11.6 Å². The van der Waals surface area contributed by atoms with Crippen LogP contribution in [0.5, 0.6) is 5.75 Å². The highest BCUT2D eigenvalue weighted by Crippen LogP contribution is 2.35. The SMILES string of the molecule is CC.O=C(C1CCN(CCCO)CC1)N1CCCc2ccc(-c3ccc(OC(F)(F)F)cc3)cc21. The zero-order valence-corrected chi connectivity index (χ0v) is 20.5. The number of hydrogen-bond donors (Lipinski definition) is 1. The Labute approximate surface area is 205 Å². The number of aliphatic hydroxyl groups is 1. The first-order valence-electron chi connectivity index (χ1n) is 12.5. The van der Waals surface area contributed by atoms with Gasteiger partial charge in [-0.3, -0.25) is 4.79 Å². The van der Waals surface area contributed by atoms with Gasteiger partial charge in [0.05, 0.1) is 0 Å². The first-order valence-corrected chi connectivity index (χ1v) is 12.5. The van der Waals surface area contributed by atoms with Gasteiger partial charge in [-0.25, -0.2) is 0 Å². The number of anilines is 1. The Morgan fingerprint density at radius 2 is 1.69 bits per heavy atom. The van der Waals surface area contributed by atoms with E-state index in [0.29, 0.717) is 6.54 Å². The van der Waals surface area contributed by atoms with E-state index in [-0.39, 0.29) is 24.2 Å². The molecule has 2 aromatic carbocycles. The molecule has 0 spiro atoms. The van der Waals surface area contributed by atoms with Crippen LogP contribution in [0.2, 0.25) is 0 Å². The maximum absolute atomic E-state index is 13.4. The van der Waals surface area contributed by atoms with Gasteiger partial charge in [0.1, 0.15) is 5.75 Å². The van der Waals surface area contributed by atoms with Crippen LogP contribution in [-0.4, -0.2) is 55.1 Å². The Morgan fingerprint density at radius 1 is 1.03 bits per heavy atom. The summed E-state index contributed by atoms with van der Waals surface area (Å²) in [6.07, 6.45) is -0.519. The van der Waals surface area contributed by atoms with E-state index in [1.54, 1.807) is 12.1 Å². The molecular formula is C27H35F3N2O3. The summed E-state index contributed by atoms with van der Waals surface area (Å²) in [5, 5.41) is 9.02. The molecule has 2 aromatic rings. The number of alkyl halides is 3. The average Bonchev–Trinajstić information content (AvgIpc) is 2.87. The lowest BCUT2D eigenvalue weighted by atomic mass is 9.92. The van der Waals surface area contributed by atoms with E-state index in [1.165, 1.54) is 12.1 Å². The number of amides is 1. The van der Waals surface area contributed by atoms with Crippen molar-refractivity contribution in [3.8, 4) is 16.9 Å². The molecule has 1 amide bonds. The summed E-state index contributed by atoms with van der Waals surface area (Å²) in [6.45, 7) is 7.45. The monoisotopic (exact) mass is 492 g/mol. The van der Waals surface area contributed by atoms with Crippen molar-refractivity contribution in [3.05, 3.63) is 48.0 Å². The number of benzene rings is 2. The van der Waals surface area contributed by atoms with E-state index in [9.17, 15) is 18.0 Å². The Morgan fingerprint density at radius 3 is 2.31 bits per heavy atom. The van der Waals surface area contributed by atoms with E-state index in [2.05, 4.69) is 9.64 Å². The second-order valence-electron chi connectivity index (χ2n) is 8.70. The van der Waals surface area contributed by atoms with Gasteiger partial charge < -0.3 is 19.6 Å². The van der Waals surface area contributed by atoms with E-state index in [0.717, 1.165) is 74.1 Å². The van der Waals surface area contributed by atoms with Gasteiger partial charge in [0.2, 0.25) is 5.91 Å². The Balaban J connectivity index is 0.00000167. The maximum atomic E-state index is 13.4. The van der Waals surface area contributed by atoms with Crippen LogP contribution < -0.4 is 9.64 Å². The van der Waals surface area contributed by atoms with E-state index < -0.39 is 6.36 Å². The molecule has 192 valence electrons. The number of likely N-dealkylation sites (tertiary alicyclic amines) is 1. The predicted octanol–water partition coefficient (Wildman–Crippen LogP) is 5.65. The molecule has 35 heavy (non-hydrogen) atoms. The molecular weight excluding hydrogens is 457 g/mol.